The number of anilines is 1. The first kappa shape index (κ1) is 18.5. The average Bonchev–Trinajstić information content (AvgIpc) is 3.03. The van der Waals surface area contributed by atoms with Gasteiger partial charge in [-0.2, -0.15) is 5.10 Å². The maximum absolute atomic E-state index is 12.0. The zero-order valence-corrected chi connectivity index (χ0v) is 15.2. The van der Waals surface area contributed by atoms with Crippen LogP contribution >= 0.6 is 0 Å². The standard InChI is InChI=1S/C18H26N6O/c1-18(2,3)23-17(19-4)20-12-14-7-5-8-15(11-14)22-16(25)13-24-10-6-9-21-24/h5-11H,12-13H2,1-4H3,(H,22,25)(H2,19,20,23). The molecule has 0 fully saturated rings. The number of carbonyl (C=O) groups is 1. The third-order valence-corrected chi connectivity index (χ3v) is 3.25. The van der Waals surface area contributed by atoms with Crippen molar-refractivity contribution in [3.63, 3.8) is 0 Å². The molecule has 1 aromatic heterocycles. The van der Waals surface area contributed by atoms with Crippen molar-refractivity contribution in [2.24, 2.45) is 4.99 Å². The molecular weight excluding hydrogens is 316 g/mol. The minimum absolute atomic E-state index is 0.0653. The molecule has 0 atom stereocenters. The van der Waals surface area contributed by atoms with E-state index in [4.69, 9.17) is 0 Å². The normalized spacial score (nSPS) is 11.9. The number of nitrogens with zero attached hydrogens (tertiary/aromatic N) is 3. The summed E-state index contributed by atoms with van der Waals surface area (Å²) in [6.45, 7) is 7.04. The van der Waals surface area contributed by atoms with Crippen LogP contribution in [0, 0.1) is 0 Å². The zero-order chi connectivity index (χ0) is 18.3. The van der Waals surface area contributed by atoms with Gasteiger partial charge in [0.05, 0.1) is 0 Å². The Morgan fingerprint density at radius 2 is 2.08 bits per heavy atom. The Morgan fingerprint density at radius 1 is 1.28 bits per heavy atom. The molecule has 1 aromatic carbocycles. The van der Waals surface area contributed by atoms with E-state index in [1.165, 1.54) is 0 Å². The number of carbonyl (C=O) groups excluding carboxylic acids is 1. The Hall–Kier alpha value is -2.83. The molecule has 2 aromatic rings. The van der Waals surface area contributed by atoms with Crippen molar-refractivity contribution >= 4 is 17.6 Å². The molecule has 0 saturated heterocycles. The second kappa shape index (κ2) is 8.32. The van der Waals surface area contributed by atoms with Gasteiger partial charge in [-0.3, -0.25) is 14.5 Å². The van der Waals surface area contributed by atoms with Crippen LogP contribution < -0.4 is 16.0 Å². The Bertz CT molecular complexity index is 715. The number of aromatic nitrogens is 2. The molecule has 0 spiro atoms. The fraction of sp³-hybridized carbons (Fsp3) is 0.389. The van der Waals surface area contributed by atoms with E-state index in [0.29, 0.717) is 6.54 Å². The molecule has 1 heterocycles. The summed E-state index contributed by atoms with van der Waals surface area (Å²) in [4.78, 5) is 16.3. The molecule has 134 valence electrons. The van der Waals surface area contributed by atoms with Crippen molar-refractivity contribution in [3.8, 4) is 0 Å². The van der Waals surface area contributed by atoms with Crippen LogP contribution in [0.25, 0.3) is 0 Å². The molecule has 0 aliphatic carbocycles. The van der Waals surface area contributed by atoms with Crippen molar-refractivity contribution in [1.82, 2.24) is 20.4 Å². The van der Waals surface area contributed by atoms with Crippen LogP contribution in [0.2, 0.25) is 0 Å². The Balaban J connectivity index is 1.91. The SMILES string of the molecule is CN=C(NCc1cccc(NC(=O)Cn2cccn2)c1)NC(C)(C)C. The molecule has 0 aliphatic rings. The van der Waals surface area contributed by atoms with Gasteiger partial charge in [0.25, 0.3) is 0 Å². The highest BCUT2D eigenvalue weighted by molar-refractivity contribution is 5.90. The molecule has 1 amide bonds. The number of nitrogens with one attached hydrogen (secondary N) is 3. The molecule has 0 unspecified atom stereocenters. The van der Waals surface area contributed by atoms with Gasteiger partial charge in [0.1, 0.15) is 6.54 Å². The molecule has 7 heteroatoms. The highest BCUT2D eigenvalue weighted by Crippen LogP contribution is 2.11. The number of benzene rings is 1. The summed E-state index contributed by atoms with van der Waals surface area (Å²) in [5.74, 6) is 0.625. The number of amides is 1. The van der Waals surface area contributed by atoms with Crippen LogP contribution in [-0.4, -0.2) is 34.2 Å². The van der Waals surface area contributed by atoms with Gasteiger partial charge in [-0.25, -0.2) is 0 Å². The predicted molar refractivity (Wildman–Crippen MR) is 100 cm³/mol. The third-order valence-electron chi connectivity index (χ3n) is 3.25. The maximum Gasteiger partial charge on any atom is 0.246 e. The van der Waals surface area contributed by atoms with Crippen LogP contribution in [0.15, 0.2) is 47.7 Å². The van der Waals surface area contributed by atoms with Gasteiger partial charge < -0.3 is 16.0 Å². The highest BCUT2D eigenvalue weighted by atomic mass is 16.2. The average molecular weight is 342 g/mol. The van der Waals surface area contributed by atoms with Crippen molar-refractivity contribution in [2.75, 3.05) is 12.4 Å². The first-order valence-electron chi connectivity index (χ1n) is 8.21. The van der Waals surface area contributed by atoms with Gasteiger partial charge in [-0.05, 0) is 44.5 Å². The first-order valence-corrected chi connectivity index (χ1v) is 8.21. The molecule has 0 aliphatic heterocycles. The Labute approximate surface area is 148 Å². The third kappa shape index (κ3) is 6.66. The van der Waals surface area contributed by atoms with E-state index in [1.54, 1.807) is 30.2 Å². The lowest BCUT2D eigenvalue weighted by atomic mass is 10.1. The number of aliphatic imine (C=N–C) groups is 1. The van der Waals surface area contributed by atoms with Gasteiger partial charge in [0.2, 0.25) is 5.91 Å². The molecule has 0 radical (unpaired) electrons. The van der Waals surface area contributed by atoms with Crippen molar-refractivity contribution in [3.05, 3.63) is 48.3 Å². The van der Waals surface area contributed by atoms with E-state index in [9.17, 15) is 4.79 Å². The van der Waals surface area contributed by atoms with Crippen LogP contribution in [0.4, 0.5) is 5.69 Å². The fourth-order valence-corrected chi connectivity index (χ4v) is 2.22. The summed E-state index contributed by atoms with van der Waals surface area (Å²) < 4.78 is 1.59. The van der Waals surface area contributed by atoms with Crippen molar-refractivity contribution < 1.29 is 4.79 Å². The van der Waals surface area contributed by atoms with Gasteiger partial charge >= 0.3 is 0 Å². The van der Waals surface area contributed by atoms with E-state index < -0.39 is 0 Å². The molecule has 25 heavy (non-hydrogen) atoms. The lowest BCUT2D eigenvalue weighted by molar-refractivity contribution is -0.116. The summed E-state index contributed by atoms with van der Waals surface area (Å²) in [6, 6.07) is 9.52. The number of hydrogen-bond donors (Lipinski definition) is 3. The smallest absolute Gasteiger partial charge is 0.246 e. The van der Waals surface area contributed by atoms with E-state index in [1.807, 2.05) is 24.3 Å². The molecule has 0 bridgehead atoms. The van der Waals surface area contributed by atoms with Crippen LogP contribution in [0.1, 0.15) is 26.3 Å². The minimum atomic E-state index is -0.112. The van der Waals surface area contributed by atoms with Gasteiger partial charge in [0, 0.05) is 37.2 Å². The predicted octanol–water partition coefficient (Wildman–Crippen LogP) is 1.99. The lowest BCUT2D eigenvalue weighted by Gasteiger charge is -2.23. The van der Waals surface area contributed by atoms with Gasteiger partial charge in [-0.1, -0.05) is 12.1 Å². The van der Waals surface area contributed by atoms with E-state index in [-0.39, 0.29) is 18.0 Å². The van der Waals surface area contributed by atoms with Crippen LogP contribution in [-0.2, 0) is 17.9 Å². The summed E-state index contributed by atoms with van der Waals surface area (Å²) in [6.07, 6.45) is 3.41. The largest absolute Gasteiger partial charge is 0.352 e. The summed E-state index contributed by atoms with van der Waals surface area (Å²) in [5, 5.41) is 13.5. The monoisotopic (exact) mass is 342 g/mol. The summed E-state index contributed by atoms with van der Waals surface area (Å²) in [7, 11) is 1.74. The highest BCUT2D eigenvalue weighted by Gasteiger charge is 2.11. The fourth-order valence-electron chi connectivity index (χ4n) is 2.22. The van der Waals surface area contributed by atoms with Crippen LogP contribution in [0.5, 0.6) is 0 Å². The van der Waals surface area contributed by atoms with E-state index in [2.05, 4.69) is 46.8 Å². The quantitative estimate of drug-likeness (QED) is 0.573. The first-order chi connectivity index (χ1) is 11.9. The zero-order valence-electron chi connectivity index (χ0n) is 15.2. The molecule has 3 N–H and O–H groups in total. The number of rotatable bonds is 5. The number of guanidine groups is 1. The molecule has 0 saturated carbocycles. The van der Waals surface area contributed by atoms with Gasteiger partial charge in [-0.15, -0.1) is 0 Å². The molecule has 7 nitrogen and oxygen atoms in total. The molecular formula is C18H26N6O. The van der Waals surface area contributed by atoms with E-state index in [0.717, 1.165) is 17.2 Å². The summed E-state index contributed by atoms with van der Waals surface area (Å²) in [5.41, 5.74) is 1.74. The Kier molecular flexibility index (Phi) is 6.16. The van der Waals surface area contributed by atoms with Crippen molar-refractivity contribution in [2.45, 2.75) is 39.4 Å². The minimum Gasteiger partial charge on any atom is -0.352 e. The van der Waals surface area contributed by atoms with Gasteiger partial charge in [0.15, 0.2) is 5.96 Å². The van der Waals surface area contributed by atoms with Crippen molar-refractivity contribution in [1.29, 1.82) is 0 Å². The Morgan fingerprint density at radius 3 is 2.72 bits per heavy atom. The second-order valence-electron chi connectivity index (χ2n) is 6.75. The summed E-state index contributed by atoms with van der Waals surface area (Å²) >= 11 is 0. The van der Waals surface area contributed by atoms with E-state index >= 15 is 0 Å². The number of hydrogen-bond acceptors (Lipinski definition) is 3. The second-order valence-corrected chi connectivity index (χ2v) is 6.75. The maximum atomic E-state index is 12.0. The topological polar surface area (TPSA) is 83.3 Å². The lowest BCUT2D eigenvalue weighted by Crippen LogP contribution is -2.47. The molecule has 2 rings (SSSR count). The van der Waals surface area contributed by atoms with Crippen LogP contribution in [0.3, 0.4) is 0 Å².